The normalized spacial score (nSPS) is 13.1. The summed E-state index contributed by atoms with van der Waals surface area (Å²) >= 11 is 0. The Hall–Kier alpha value is -0.930. The number of rotatable bonds is 5. The van der Waals surface area contributed by atoms with Crippen LogP contribution in [-0.2, 0) is 0 Å². The lowest BCUT2D eigenvalue weighted by atomic mass is 10.1. The monoisotopic (exact) mass is 194 g/mol. The number of aromatic nitrogens is 1. The molecular weight excluding hydrogens is 176 g/mol. The molecule has 0 aliphatic rings. The fraction of sp³-hybridized carbons (Fsp3) is 0.545. The SMILES string of the molecule is CCN(CC)C(CO)c1cccnc1. The molecule has 1 unspecified atom stereocenters. The minimum Gasteiger partial charge on any atom is -0.394 e. The quantitative estimate of drug-likeness (QED) is 0.771. The number of hydrogen-bond donors (Lipinski definition) is 1. The van der Waals surface area contributed by atoms with Gasteiger partial charge in [-0.3, -0.25) is 9.88 Å². The molecule has 0 aliphatic heterocycles. The first kappa shape index (κ1) is 11.1. The Morgan fingerprint density at radius 2 is 2.14 bits per heavy atom. The predicted octanol–water partition coefficient (Wildman–Crippen LogP) is 1.46. The van der Waals surface area contributed by atoms with Crippen molar-refractivity contribution in [2.24, 2.45) is 0 Å². The van der Waals surface area contributed by atoms with Gasteiger partial charge in [-0.25, -0.2) is 0 Å². The number of pyridine rings is 1. The van der Waals surface area contributed by atoms with E-state index in [9.17, 15) is 5.11 Å². The van der Waals surface area contributed by atoms with Crippen LogP contribution in [0.3, 0.4) is 0 Å². The van der Waals surface area contributed by atoms with E-state index in [1.165, 1.54) is 0 Å². The maximum Gasteiger partial charge on any atom is 0.0629 e. The zero-order valence-electron chi connectivity index (χ0n) is 8.85. The zero-order valence-corrected chi connectivity index (χ0v) is 8.85. The molecule has 0 saturated carbocycles. The summed E-state index contributed by atoms with van der Waals surface area (Å²) in [6.45, 7) is 6.23. The molecule has 1 rings (SSSR count). The maximum absolute atomic E-state index is 9.34. The summed E-state index contributed by atoms with van der Waals surface area (Å²) in [7, 11) is 0. The molecule has 1 aromatic heterocycles. The third-order valence-electron chi connectivity index (χ3n) is 2.50. The summed E-state index contributed by atoms with van der Waals surface area (Å²) in [5, 5.41) is 9.34. The van der Waals surface area contributed by atoms with Crippen LogP contribution in [0.25, 0.3) is 0 Å². The van der Waals surface area contributed by atoms with E-state index in [4.69, 9.17) is 0 Å². The first-order valence-electron chi connectivity index (χ1n) is 5.08. The van der Waals surface area contributed by atoms with E-state index >= 15 is 0 Å². The van der Waals surface area contributed by atoms with E-state index in [0.717, 1.165) is 18.7 Å². The second-order valence-electron chi connectivity index (χ2n) is 3.21. The van der Waals surface area contributed by atoms with Crippen LogP contribution in [0.4, 0.5) is 0 Å². The van der Waals surface area contributed by atoms with Crippen LogP contribution in [-0.4, -0.2) is 34.7 Å². The van der Waals surface area contributed by atoms with Gasteiger partial charge >= 0.3 is 0 Å². The molecule has 1 atom stereocenters. The fourth-order valence-corrected chi connectivity index (χ4v) is 1.67. The average molecular weight is 194 g/mol. The highest BCUT2D eigenvalue weighted by Crippen LogP contribution is 2.18. The van der Waals surface area contributed by atoms with E-state index in [1.807, 2.05) is 18.3 Å². The second kappa shape index (κ2) is 5.73. The largest absolute Gasteiger partial charge is 0.394 e. The molecule has 14 heavy (non-hydrogen) atoms. The van der Waals surface area contributed by atoms with Gasteiger partial charge in [0.2, 0.25) is 0 Å². The molecular formula is C11H18N2O. The number of aliphatic hydroxyl groups excluding tert-OH is 1. The van der Waals surface area contributed by atoms with Crippen molar-refractivity contribution in [1.29, 1.82) is 0 Å². The van der Waals surface area contributed by atoms with Crippen molar-refractivity contribution in [3.8, 4) is 0 Å². The molecule has 0 bridgehead atoms. The first-order chi connectivity index (χ1) is 6.83. The number of aliphatic hydroxyl groups is 1. The fourth-order valence-electron chi connectivity index (χ4n) is 1.67. The molecule has 0 aliphatic carbocycles. The van der Waals surface area contributed by atoms with Gasteiger partial charge in [-0.1, -0.05) is 19.9 Å². The number of hydrogen-bond acceptors (Lipinski definition) is 3. The van der Waals surface area contributed by atoms with Crippen LogP contribution >= 0.6 is 0 Å². The molecule has 78 valence electrons. The van der Waals surface area contributed by atoms with Crippen LogP contribution < -0.4 is 0 Å². The second-order valence-corrected chi connectivity index (χ2v) is 3.21. The summed E-state index contributed by atoms with van der Waals surface area (Å²) in [4.78, 5) is 6.29. The van der Waals surface area contributed by atoms with Gasteiger partial charge < -0.3 is 5.11 Å². The van der Waals surface area contributed by atoms with Crippen molar-refractivity contribution in [3.05, 3.63) is 30.1 Å². The molecule has 0 amide bonds. The van der Waals surface area contributed by atoms with Gasteiger partial charge in [-0.05, 0) is 24.7 Å². The molecule has 0 fully saturated rings. The summed E-state index contributed by atoms with van der Waals surface area (Å²) in [5.74, 6) is 0. The highest BCUT2D eigenvalue weighted by molar-refractivity contribution is 5.14. The van der Waals surface area contributed by atoms with Crippen LogP contribution in [0, 0.1) is 0 Å². The Bertz CT molecular complexity index is 247. The van der Waals surface area contributed by atoms with Gasteiger partial charge in [0.25, 0.3) is 0 Å². The van der Waals surface area contributed by atoms with Crippen molar-refractivity contribution in [1.82, 2.24) is 9.88 Å². The standard InChI is InChI=1S/C11H18N2O/c1-3-13(4-2)11(9-14)10-6-5-7-12-8-10/h5-8,11,14H,3-4,9H2,1-2H3. The lowest BCUT2D eigenvalue weighted by Crippen LogP contribution is -2.30. The zero-order chi connectivity index (χ0) is 10.4. The van der Waals surface area contributed by atoms with E-state index in [-0.39, 0.29) is 12.6 Å². The van der Waals surface area contributed by atoms with Crippen molar-refractivity contribution in [2.75, 3.05) is 19.7 Å². The molecule has 0 saturated heterocycles. The summed E-state index contributed by atoms with van der Waals surface area (Å²) < 4.78 is 0. The van der Waals surface area contributed by atoms with Crippen LogP contribution in [0.1, 0.15) is 25.5 Å². The van der Waals surface area contributed by atoms with Crippen molar-refractivity contribution < 1.29 is 5.11 Å². The van der Waals surface area contributed by atoms with Crippen molar-refractivity contribution >= 4 is 0 Å². The van der Waals surface area contributed by atoms with Gasteiger partial charge in [0.1, 0.15) is 0 Å². The highest BCUT2D eigenvalue weighted by atomic mass is 16.3. The lowest BCUT2D eigenvalue weighted by Gasteiger charge is -2.27. The van der Waals surface area contributed by atoms with E-state index < -0.39 is 0 Å². The molecule has 0 radical (unpaired) electrons. The van der Waals surface area contributed by atoms with Gasteiger partial charge in [-0.2, -0.15) is 0 Å². The van der Waals surface area contributed by atoms with Crippen LogP contribution in [0.5, 0.6) is 0 Å². The summed E-state index contributed by atoms with van der Waals surface area (Å²) in [5.41, 5.74) is 1.08. The smallest absolute Gasteiger partial charge is 0.0629 e. The third kappa shape index (κ3) is 2.53. The lowest BCUT2D eigenvalue weighted by molar-refractivity contribution is 0.133. The number of nitrogens with zero attached hydrogens (tertiary/aromatic N) is 2. The molecule has 3 nitrogen and oxygen atoms in total. The molecule has 3 heteroatoms. The Kier molecular flexibility index (Phi) is 4.56. The first-order valence-corrected chi connectivity index (χ1v) is 5.08. The van der Waals surface area contributed by atoms with Crippen LogP contribution in [0.15, 0.2) is 24.5 Å². The Balaban J connectivity index is 2.81. The Morgan fingerprint density at radius 3 is 2.57 bits per heavy atom. The van der Waals surface area contributed by atoms with Gasteiger partial charge in [0, 0.05) is 12.4 Å². The topological polar surface area (TPSA) is 36.4 Å². The van der Waals surface area contributed by atoms with Gasteiger partial charge in [-0.15, -0.1) is 0 Å². The van der Waals surface area contributed by atoms with Crippen molar-refractivity contribution in [3.63, 3.8) is 0 Å². The molecule has 1 N–H and O–H groups in total. The summed E-state index contributed by atoms with van der Waals surface area (Å²) in [6.07, 6.45) is 3.57. The molecule has 0 aromatic carbocycles. The third-order valence-corrected chi connectivity index (χ3v) is 2.50. The predicted molar refractivity (Wildman–Crippen MR) is 57.0 cm³/mol. The highest BCUT2D eigenvalue weighted by Gasteiger charge is 2.16. The Labute approximate surface area is 85.4 Å². The minimum atomic E-state index is 0.0821. The summed E-state index contributed by atoms with van der Waals surface area (Å²) in [6, 6.07) is 3.99. The minimum absolute atomic E-state index is 0.0821. The Morgan fingerprint density at radius 1 is 1.43 bits per heavy atom. The number of likely N-dealkylation sites (N-methyl/N-ethyl adjacent to an activating group) is 1. The van der Waals surface area contributed by atoms with Gasteiger partial charge in [0.05, 0.1) is 12.6 Å². The molecule has 1 aromatic rings. The van der Waals surface area contributed by atoms with E-state index in [1.54, 1.807) is 6.20 Å². The molecule has 1 heterocycles. The maximum atomic E-state index is 9.34. The van der Waals surface area contributed by atoms with Crippen LogP contribution in [0.2, 0.25) is 0 Å². The van der Waals surface area contributed by atoms with E-state index in [0.29, 0.717) is 0 Å². The average Bonchev–Trinajstić information content (AvgIpc) is 2.27. The molecule has 0 spiro atoms. The van der Waals surface area contributed by atoms with Crippen molar-refractivity contribution in [2.45, 2.75) is 19.9 Å². The van der Waals surface area contributed by atoms with E-state index in [2.05, 4.69) is 23.7 Å². The van der Waals surface area contributed by atoms with Gasteiger partial charge in [0.15, 0.2) is 0 Å².